The van der Waals surface area contributed by atoms with Crippen molar-refractivity contribution in [3.8, 4) is 0 Å². The lowest BCUT2D eigenvalue weighted by Gasteiger charge is -2.44. The number of nitrogens with two attached hydrogens (primary N) is 1. The SMILES string of the molecule is Cc1cc(C2CC2)cc2c3c(N)ncnc3n(CC(=O)N3[C@H](C(=O)Nc4cccc(Br)n4)C[C@@]4(C)CC[C@@H]34)c12. The molecule has 3 aromatic heterocycles. The Kier molecular flexibility index (Phi) is 5.49. The molecule has 2 aliphatic carbocycles. The van der Waals surface area contributed by atoms with Gasteiger partial charge in [-0.25, -0.2) is 15.0 Å². The van der Waals surface area contributed by atoms with Crippen LogP contribution >= 0.6 is 15.9 Å². The van der Waals surface area contributed by atoms with Crippen LogP contribution in [0.3, 0.4) is 0 Å². The molecule has 4 aromatic rings. The highest BCUT2D eigenvalue weighted by molar-refractivity contribution is 9.10. The van der Waals surface area contributed by atoms with E-state index in [1.54, 1.807) is 12.1 Å². The third-order valence-electron chi connectivity index (χ3n) is 9.00. The molecule has 9 nitrogen and oxygen atoms in total. The maximum Gasteiger partial charge on any atom is 0.248 e. The fraction of sp³-hybridized carbons (Fsp3) is 0.414. The van der Waals surface area contributed by atoms with Crippen LogP contribution in [0.15, 0.2) is 41.3 Å². The predicted octanol–water partition coefficient (Wildman–Crippen LogP) is 4.92. The standard InChI is InChI=1S/C29H30BrN7O2/c1-15-10-17(16-6-7-16)11-18-24-26(31)32-14-33-27(24)36(25(15)18)13-23(38)37-19(12-29(2)9-8-20(29)37)28(39)35-22-5-3-4-21(30)34-22/h3-5,10-11,14,16,19-20H,6-9,12-13H2,1-2H3,(H2,31,32,33)(H,34,35,39)/t19-,20+,29+/m0/s1. The first-order valence-corrected chi connectivity index (χ1v) is 14.3. The van der Waals surface area contributed by atoms with Gasteiger partial charge in [0.1, 0.15) is 40.8 Å². The maximum atomic E-state index is 14.2. The molecule has 0 spiro atoms. The molecule has 0 radical (unpaired) electrons. The Morgan fingerprint density at radius 3 is 2.74 bits per heavy atom. The Bertz CT molecular complexity index is 1680. The van der Waals surface area contributed by atoms with Gasteiger partial charge >= 0.3 is 0 Å². The fourth-order valence-electron chi connectivity index (χ4n) is 6.83. The summed E-state index contributed by atoms with van der Waals surface area (Å²) in [7, 11) is 0. The number of carbonyl (C=O) groups excluding carboxylic acids is 2. The van der Waals surface area contributed by atoms with Crippen LogP contribution in [0.2, 0.25) is 0 Å². The first-order valence-electron chi connectivity index (χ1n) is 13.5. The summed E-state index contributed by atoms with van der Waals surface area (Å²) in [6.07, 6.45) is 6.38. The van der Waals surface area contributed by atoms with Crippen LogP contribution in [0.1, 0.15) is 56.1 Å². The number of aryl methyl sites for hydroxylation is 1. The van der Waals surface area contributed by atoms with Gasteiger partial charge in [0, 0.05) is 11.4 Å². The molecule has 39 heavy (non-hydrogen) atoms. The first kappa shape index (κ1) is 24.5. The number of nitrogens with one attached hydrogen (secondary N) is 1. The van der Waals surface area contributed by atoms with Crippen molar-refractivity contribution < 1.29 is 9.59 Å². The second-order valence-corrected chi connectivity index (χ2v) is 12.4. The van der Waals surface area contributed by atoms with Gasteiger partial charge in [0.25, 0.3) is 0 Å². The largest absolute Gasteiger partial charge is 0.383 e. The third kappa shape index (κ3) is 3.91. The fourth-order valence-corrected chi connectivity index (χ4v) is 7.17. The normalized spacial score (nSPS) is 24.1. The molecule has 2 saturated carbocycles. The molecule has 0 unspecified atom stereocenters. The van der Waals surface area contributed by atoms with E-state index in [1.807, 2.05) is 15.5 Å². The summed E-state index contributed by atoms with van der Waals surface area (Å²) in [4.78, 5) is 42.7. The van der Waals surface area contributed by atoms with Gasteiger partial charge < -0.3 is 20.5 Å². The summed E-state index contributed by atoms with van der Waals surface area (Å²) in [5.41, 5.74) is 10.3. The van der Waals surface area contributed by atoms with Crippen molar-refractivity contribution in [2.24, 2.45) is 5.41 Å². The number of fused-ring (bicyclic) bond motifs is 4. The number of amides is 2. The van der Waals surface area contributed by atoms with Crippen LogP contribution in [-0.4, -0.2) is 48.3 Å². The van der Waals surface area contributed by atoms with Gasteiger partial charge in [0.15, 0.2) is 0 Å². The van der Waals surface area contributed by atoms with Crippen molar-refractivity contribution in [3.63, 3.8) is 0 Å². The number of hydrogen-bond donors (Lipinski definition) is 2. The summed E-state index contributed by atoms with van der Waals surface area (Å²) in [6.45, 7) is 4.34. The van der Waals surface area contributed by atoms with Gasteiger partial charge in [-0.05, 0) is 95.6 Å². The molecular formula is C29H30BrN7O2. The van der Waals surface area contributed by atoms with Gasteiger partial charge in [-0.15, -0.1) is 0 Å². The molecular weight excluding hydrogens is 558 g/mol. The Balaban J connectivity index is 1.27. The van der Waals surface area contributed by atoms with E-state index in [9.17, 15) is 9.59 Å². The van der Waals surface area contributed by atoms with E-state index in [4.69, 9.17) is 5.73 Å². The topological polar surface area (TPSA) is 119 Å². The lowest BCUT2D eigenvalue weighted by Crippen LogP contribution is -2.52. The Morgan fingerprint density at radius 2 is 2.03 bits per heavy atom. The number of nitrogens with zero attached hydrogens (tertiary/aromatic N) is 5. The molecule has 3 N–H and O–H groups in total. The first-order chi connectivity index (χ1) is 18.7. The molecule has 1 saturated heterocycles. The highest BCUT2D eigenvalue weighted by Gasteiger charge is 2.58. The minimum atomic E-state index is -0.564. The number of aromatic nitrogens is 4. The van der Waals surface area contributed by atoms with Gasteiger partial charge in [0.2, 0.25) is 11.8 Å². The van der Waals surface area contributed by atoms with Crippen LogP contribution in [0, 0.1) is 12.3 Å². The molecule has 10 heteroatoms. The van der Waals surface area contributed by atoms with Crippen LogP contribution < -0.4 is 11.1 Å². The lowest BCUT2D eigenvalue weighted by molar-refractivity contribution is -0.141. The van der Waals surface area contributed by atoms with Crippen molar-refractivity contribution in [3.05, 3.63) is 52.4 Å². The quantitative estimate of drug-likeness (QED) is 0.320. The van der Waals surface area contributed by atoms with Crippen LogP contribution in [0.5, 0.6) is 0 Å². The average molecular weight is 589 g/mol. The van der Waals surface area contributed by atoms with Gasteiger partial charge in [-0.3, -0.25) is 9.59 Å². The minimum absolute atomic E-state index is 0.0339. The molecule has 3 fully saturated rings. The van der Waals surface area contributed by atoms with E-state index >= 15 is 0 Å². The van der Waals surface area contributed by atoms with Gasteiger partial charge in [0.05, 0.1) is 10.9 Å². The zero-order chi connectivity index (χ0) is 27.1. The Hall–Kier alpha value is -3.53. The molecule has 4 heterocycles. The average Bonchev–Trinajstić information content (AvgIpc) is 3.65. The Labute approximate surface area is 234 Å². The van der Waals surface area contributed by atoms with E-state index in [0.717, 1.165) is 34.7 Å². The van der Waals surface area contributed by atoms with Crippen LogP contribution in [0.4, 0.5) is 11.6 Å². The summed E-state index contributed by atoms with van der Waals surface area (Å²) >= 11 is 3.36. The van der Waals surface area contributed by atoms with Gasteiger partial charge in [-0.1, -0.05) is 19.1 Å². The number of likely N-dealkylation sites (tertiary alicyclic amines) is 1. The smallest absolute Gasteiger partial charge is 0.248 e. The van der Waals surface area contributed by atoms with Crippen LogP contribution in [0.25, 0.3) is 21.9 Å². The maximum absolute atomic E-state index is 14.2. The van der Waals surface area contributed by atoms with E-state index in [2.05, 4.69) is 62.2 Å². The second-order valence-electron chi connectivity index (χ2n) is 11.6. The number of benzene rings is 1. The highest BCUT2D eigenvalue weighted by Crippen LogP contribution is 2.54. The predicted molar refractivity (Wildman–Crippen MR) is 153 cm³/mol. The van der Waals surface area contributed by atoms with E-state index in [1.165, 1.54) is 24.7 Å². The summed E-state index contributed by atoms with van der Waals surface area (Å²) in [6, 6.07) is 9.27. The van der Waals surface area contributed by atoms with Gasteiger partial charge in [-0.2, -0.15) is 0 Å². The second kappa shape index (κ2) is 8.74. The number of carbonyl (C=O) groups is 2. The number of nitrogen functional groups attached to an aromatic ring is 1. The summed E-state index contributed by atoms with van der Waals surface area (Å²) < 4.78 is 2.61. The molecule has 7 rings (SSSR count). The summed E-state index contributed by atoms with van der Waals surface area (Å²) in [5, 5.41) is 4.71. The zero-order valence-electron chi connectivity index (χ0n) is 21.9. The Morgan fingerprint density at radius 1 is 1.21 bits per heavy atom. The molecule has 3 aliphatic rings. The van der Waals surface area contributed by atoms with Crippen molar-refractivity contribution in [1.29, 1.82) is 0 Å². The number of pyridine rings is 1. The molecule has 1 aliphatic heterocycles. The van der Waals surface area contributed by atoms with E-state index in [0.29, 0.717) is 34.2 Å². The number of hydrogen-bond acceptors (Lipinski definition) is 6. The molecule has 2 amide bonds. The lowest BCUT2D eigenvalue weighted by atomic mass is 9.66. The zero-order valence-corrected chi connectivity index (χ0v) is 23.5. The minimum Gasteiger partial charge on any atom is -0.383 e. The van der Waals surface area contributed by atoms with Crippen molar-refractivity contribution in [1.82, 2.24) is 24.4 Å². The van der Waals surface area contributed by atoms with E-state index < -0.39 is 6.04 Å². The van der Waals surface area contributed by atoms with Crippen molar-refractivity contribution in [2.75, 3.05) is 11.1 Å². The number of rotatable bonds is 5. The highest BCUT2D eigenvalue weighted by atomic mass is 79.9. The number of anilines is 2. The molecule has 3 atom stereocenters. The third-order valence-corrected chi connectivity index (χ3v) is 9.44. The van der Waals surface area contributed by atoms with E-state index in [-0.39, 0.29) is 29.8 Å². The molecule has 200 valence electrons. The molecule has 1 aromatic carbocycles. The monoisotopic (exact) mass is 587 g/mol. The van der Waals surface area contributed by atoms with Crippen LogP contribution in [-0.2, 0) is 16.1 Å². The number of halogens is 1. The van der Waals surface area contributed by atoms with Crippen molar-refractivity contribution >= 4 is 61.3 Å². The van der Waals surface area contributed by atoms with Crippen molar-refractivity contribution in [2.45, 2.75) is 70.5 Å². The summed E-state index contributed by atoms with van der Waals surface area (Å²) in [5.74, 6) is 1.16. The molecule has 0 bridgehead atoms.